The second-order valence-electron chi connectivity index (χ2n) is 22.1. The number of benzene rings is 3. The number of aromatic nitrogens is 3. The molecule has 2 aromatic heterocycles. The van der Waals surface area contributed by atoms with Gasteiger partial charge in [-0.25, -0.2) is 4.39 Å². The van der Waals surface area contributed by atoms with Crippen LogP contribution in [-0.2, 0) is 16.1 Å². The summed E-state index contributed by atoms with van der Waals surface area (Å²) >= 11 is 0. The number of nitrogens with zero attached hydrogens (tertiary/aromatic N) is 8. The van der Waals surface area contributed by atoms with Crippen LogP contribution in [-0.4, -0.2) is 143 Å². The first-order valence-corrected chi connectivity index (χ1v) is 25.7. The number of halogens is 1. The lowest BCUT2D eigenvalue weighted by Gasteiger charge is -2.48. The number of piperidine rings is 1. The number of pyridine rings is 1. The van der Waals surface area contributed by atoms with Crippen LogP contribution in [0.25, 0.3) is 32.9 Å². The number of hydrogen-bond donors (Lipinski definition) is 3. The summed E-state index contributed by atoms with van der Waals surface area (Å²) < 4.78 is 23.7. The van der Waals surface area contributed by atoms with E-state index >= 15 is 4.39 Å². The van der Waals surface area contributed by atoms with Gasteiger partial charge in [-0.1, -0.05) is 18.1 Å². The Labute approximate surface area is 412 Å². The van der Waals surface area contributed by atoms with Crippen LogP contribution >= 0.6 is 0 Å². The molecule has 16 heteroatoms. The molecule has 7 fully saturated rings. The van der Waals surface area contributed by atoms with Gasteiger partial charge in [-0.05, 0) is 117 Å². The molecule has 2 unspecified atom stereocenters. The molecule has 5 aromatic rings. The molecule has 71 heavy (non-hydrogen) atoms. The summed E-state index contributed by atoms with van der Waals surface area (Å²) in [5, 5.41) is 18.7. The molecule has 3 aromatic carbocycles. The molecule has 3 amide bonds. The number of carbonyl (C=O) groups is 3. The molecule has 15 nitrogen and oxygen atoms in total. The van der Waals surface area contributed by atoms with Crippen LogP contribution in [0, 0.1) is 34.9 Å². The second-order valence-corrected chi connectivity index (χ2v) is 22.1. The van der Waals surface area contributed by atoms with Crippen molar-refractivity contribution < 1.29 is 28.6 Å². The summed E-state index contributed by atoms with van der Waals surface area (Å²) in [6.07, 6.45) is 16.3. The average Bonchev–Trinajstić information content (AvgIpc) is 3.68. The van der Waals surface area contributed by atoms with Crippen LogP contribution in [0.5, 0.6) is 11.8 Å². The van der Waals surface area contributed by atoms with E-state index in [2.05, 4.69) is 47.2 Å². The number of aromatic hydroxyl groups is 1. The van der Waals surface area contributed by atoms with Gasteiger partial charge >= 0.3 is 6.01 Å². The molecule has 3 N–H and O–H groups in total. The fraction of sp³-hybridized carbons (Fsp3) is 0.491. The number of phenolic OH excluding ortho intramolecular Hbond substituents is 1. The average molecular weight is 959 g/mol. The van der Waals surface area contributed by atoms with Crippen molar-refractivity contribution in [3.05, 3.63) is 77.2 Å². The van der Waals surface area contributed by atoms with E-state index in [0.29, 0.717) is 81.7 Å². The molecule has 8 aliphatic rings. The summed E-state index contributed by atoms with van der Waals surface area (Å²) in [6, 6.07) is 14.9. The van der Waals surface area contributed by atoms with Crippen molar-refractivity contribution in [2.45, 2.75) is 82.5 Å². The number of imide groups is 1. The van der Waals surface area contributed by atoms with Gasteiger partial charge in [-0.15, -0.1) is 6.42 Å². The quantitative estimate of drug-likeness (QED) is 0.113. The summed E-state index contributed by atoms with van der Waals surface area (Å²) in [7, 11) is 0. The lowest BCUT2D eigenvalue weighted by Crippen LogP contribution is -2.52. The van der Waals surface area contributed by atoms with Crippen molar-refractivity contribution in [2.75, 3.05) is 81.9 Å². The van der Waals surface area contributed by atoms with E-state index in [0.717, 1.165) is 102 Å². The van der Waals surface area contributed by atoms with Gasteiger partial charge in [0.15, 0.2) is 5.82 Å². The molecule has 2 bridgehead atoms. The van der Waals surface area contributed by atoms with E-state index < -0.39 is 11.9 Å². The van der Waals surface area contributed by atoms with Gasteiger partial charge in [0.05, 0.1) is 12.0 Å². The predicted molar refractivity (Wildman–Crippen MR) is 267 cm³/mol. The maximum absolute atomic E-state index is 17.2. The highest BCUT2D eigenvalue weighted by molar-refractivity contribution is 6.06. The molecule has 3 atom stereocenters. The van der Waals surface area contributed by atoms with Crippen molar-refractivity contribution in [3.8, 4) is 35.4 Å². The van der Waals surface area contributed by atoms with Crippen molar-refractivity contribution in [1.29, 1.82) is 0 Å². The molecule has 2 saturated carbocycles. The number of amides is 3. The molecular weight excluding hydrogens is 900 g/mol. The Morgan fingerprint density at radius 3 is 2.49 bits per heavy atom. The first kappa shape index (κ1) is 44.5. The number of likely N-dealkylation sites (tertiary alicyclic amines) is 1. The van der Waals surface area contributed by atoms with Gasteiger partial charge in [0.1, 0.15) is 28.8 Å². The highest BCUT2D eigenvalue weighted by Crippen LogP contribution is 2.54. The Hall–Kier alpha value is -6.41. The number of ether oxygens (including phenoxy) is 1. The molecule has 0 radical (unpaired) electrons. The first-order valence-electron chi connectivity index (χ1n) is 25.7. The molecule has 366 valence electrons. The molecule has 5 saturated heterocycles. The number of piperazine rings is 2. The number of hydrogen-bond acceptors (Lipinski definition) is 13. The third-order valence-corrected chi connectivity index (χ3v) is 17.3. The standard InChI is InChI=1S/C55H59FN10O5/c1-2-34-4-3-5-35-21-40(67)22-42(46(34)35)48-47(56)49-43(25-57-48)50(65-28-37-6-7-38(29-65)58-37)61-53(60-49)71-32-54(12-13-54)30-63-15-14-55(31-63)23-33(24-55)26-62-16-18-64(19-17-62)39-8-9-41-36(20-39)27-66(52(41)70)44-10-11-45(68)59-51(44)69/h1,3-5,8-9,20-22,25,33,37-38,44,58,67H,6-7,10-19,23-24,26-32H2,(H,59,68,69)/t33-,37?,38?,44-,55-/m0/s1. The SMILES string of the molecule is C#Cc1cccc2cc(O)cc(-c3ncc4c(N5CC6CCC(C5)N6)nc(OCC5(CN6CC[C@]7(C6)C[C@H](CN6CCN(c8ccc9c(c8)CN([C@H]8CCC(=O)NC8=O)C9=O)CC6)C7)CC5)nc4c3F)c12. The van der Waals surface area contributed by atoms with Gasteiger partial charge in [-0.2, -0.15) is 9.97 Å². The van der Waals surface area contributed by atoms with Gasteiger partial charge in [0.25, 0.3) is 5.91 Å². The number of phenols is 1. The molecule has 1 spiro atoms. The van der Waals surface area contributed by atoms with Crippen molar-refractivity contribution in [3.63, 3.8) is 0 Å². The number of carbonyl (C=O) groups excluding carboxylic acids is 3. The Bertz CT molecular complexity index is 3060. The van der Waals surface area contributed by atoms with Gasteiger partial charge in [0.2, 0.25) is 11.8 Å². The number of nitrogens with one attached hydrogen (secondary N) is 2. The minimum atomic E-state index is -0.605. The molecule has 2 aliphatic carbocycles. The smallest absolute Gasteiger partial charge is 0.319 e. The van der Waals surface area contributed by atoms with Gasteiger partial charge in [0, 0.05) is 123 Å². The predicted octanol–water partition coefficient (Wildman–Crippen LogP) is 5.46. The molecule has 6 aliphatic heterocycles. The van der Waals surface area contributed by atoms with Crippen molar-refractivity contribution in [2.24, 2.45) is 16.7 Å². The summed E-state index contributed by atoms with van der Waals surface area (Å²) in [5.41, 5.74) is 4.31. The summed E-state index contributed by atoms with van der Waals surface area (Å²) in [4.78, 5) is 63.5. The summed E-state index contributed by atoms with van der Waals surface area (Å²) in [5.74, 6) is 2.66. The first-order chi connectivity index (χ1) is 34.5. The van der Waals surface area contributed by atoms with Crippen LogP contribution in [0.2, 0.25) is 0 Å². The molecule has 13 rings (SSSR count). The number of terminal acetylenes is 1. The van der Waals surface area contributed by atoms with E-state index in [1.807, 2.05) is 30.3 Å². The zero-order chi connectivity index (χ0) is 48.2. The number of rotatable bonds is 11. The van der Waals surface area contributed by atoms with E-state index in [-0.39, 0.29) is 52.5 Å². The Kier molecular flexibility index (Phi) is 10.7. The summed E-state index contributed by atoms with van der Waals surface area (Å²) in [6.45, 7) is 10.5. The molecular formula is C55H59FN10O5. The fourth-order valence-electron chi connectivity index (χ4n) is 13.5. The van der Waals surface area contributed by atoms with Crippen molar-refractivity contribution in [1.82, 2.24) is 40.3 Å². The zero-order valence-corrected chi connectivity index (χ0v) is 40.0. The Morgan fingerprint density at radius 1 is 0.901 bits per heavy atom. The van der Waals surface area contributed by atoms with Crippen molar-refractivity contribution >= 4 is 50.9 Å². The van der Waals surface area contributed by atoms with Crippen LogP contribution < -0.4 is 25.2 Å². The third kappa shape index (κ3) is 8.10. The van der Waals surface area contributed by atoms with E-state index in [4.69, 9.17) is 21.1 Å². The minimum absolute atomic E-state index is 0.00720. The van der Waals surface area contributed by atoms with E-state index in [1.54, 1.807) is 17.2 Å². The van der Waals surface area contributed by atoms with E-state index in [9.17, 15) is 19.5 Å². The maximum Gasteiger partial charge on any atom is 0.319 e. The zero-order valence-electron chi connectivity index (χ0n) is 40.0. The van der Waals surface area contributed by atoms with Crippen LogP contribution in [0.15, 0.2) is 54.7 Å². The van der Waals surface area contributed by atoms with Crippen LogP contribution in [0.1, 0.15) is 79.3 Å². The largest absolute Gasteiger partial charge is 0.508 e. The highest BCUT2D eigenvalue weighted by atomic mass is 19.1. The fourth-order valence-corrected chi connectivity index (χ4v) is 13.5. The Morgan fingerprint density at radius 2 is 1.72 bits per heavy atom. The van der Waals surface area contributed by atoms with Gasteiger partial charge in [-0.3, -0.25) is 29.6 Å². The van der Waals surface area contributed by atoms with E-state index in [1.165, 1.54) is 25.3 Å². The molecule has 8 heterocycles. The lowest BCUT2D eigenvalue weighted by atomic mass is 9.61. The second kappa shape index (κ2) is 17.1. The number of fused-ring (bicyclic) bond motifs is 5. The Balaban J connectivity index is 0.639. The maximum atomic E-state index is 17.2. The van der Waals surface area contributed by atoms with Gasteiger partial charge < -0.3 is 34.8 Å². The lowest BCUT2D eigenvalue weighted by molar-refractivity contribution is -0.136. The van der Waals surface area contributed by atoms with Crippen LogP contribution in [0.4, 0.5) is 15.9 Å². The topological polar surface area (TPSA) is 160 Å². The third-order valence-electron chi connectivity index (χ3n) is 17.3. The highest BCUT2D eigenvalue weighted by Gasteiger charge is 2.52. The minimum Gasteiger partial charge on any atom is -0.508 e. The van der Waals surface area contributed by atoms with Crippen LogP contribution in [0.3, 0.4) is 0 Å². The normalized spacial score (nSPS) is 27.1. The monoisotopic (exact) mass is 958 g/mol. The number of anilines is 2.